The van der Waals surface area contributed by atoms with Crippen molar-refractivity contribution in [2.75, 3.05) is 14.2 Å². The number of esters is 1. The van der Waals surface area contributed by atoms with Gasteiger partial charge in [-0.2, -0.15) is 0 Å². The first-order valence-electron chi connectivity index (χ1n) is 10.7. The maximum atomic E-state index is 12.9. The predicted octanol–water partition coefficient (Wildman–Crippen LogP) is 5.20. The average molecular weight is 494 g/mol. The van der Waals surface area contributed by atoms with E-state index in [1.54, 1.807) is 30.3 Å². The number of benzene rings is 2. The number of rotatable bonds is 8. The summed E-state index contributed by atoms with van der Waals surface area (Å²) in [6.07, 6.45) is 1.66. The van der Waals surface area contributed by atoms with E-state index in [0.29, 0.717) is 27.7 Å². The van der Waals surface area contributed by atoms with Crippen LogP contribution in [0.3, 0.4) is 0 Å². The summed E-state index contributed by atoms with van der Waals surface area (Å²) >= 11 is 0.908. The molecule has 4 rings (SSSR count). The monoisotopic (exact) mass is 493 g/mol. The average Bonchev–Trinajstić information content (AvgIpc) is 3.43. The molecule has 2 amide bonds. The third kappa shape index (κ3) is 5.58. The van der Waals surface area contributed by atoms with E-state index >= 15 is 0 Å². The highest BCUT2D eigenvalue weighted by atomic mass is 32.2. The first-order valence-corrected chi connectivity index (χ1v) is 11.5. The second-order valence-electron chi connectivity index (χ2n) is 7.71. The van der Waals surface area contributed by atoms with Crippen molar-refractivity contribution in [2.24, 2.45) is 0 Å². The number of carbonyl (C=O) groups is 3. The van der Waals surface area contributed by atoms with Gasteiger partial charge in [-0.15, -0.1) is 0 Å². The molecule has 1 aliphatic heterocycles. The first-order chi connectivity index (χ1) is 16.9. The normalized spacial score (nSPS) is 14.5. The van der Waals surface area contributed by atoms with E-state index in [1.807, 2.05) is 31.2 Å². The van der Waals surface area contributed by atoms with Crippen molar-refractivity contribution < 1.29 is 33.0 Å². The fourth-order valence-corrected chi connectivity index (χ4v) is 4.33. The Morgan fingerprint density at radius 3 is 2.63 bits per heavy atom. The quantitative estimate of drug-likeness (QED) is 0.312. The van der Waals surface area contributed by atoms with Gasteiger partial charge in [-0.3, -0.25) is 14.5 Å². The van der Waals surface area contributed by atoms with E-state index in [4.69, 9.17) is 13.9 Å². The maximum absolute atomic E-state index is 12.9. The van der Waals surface area contributed by atoms with Crippen molar-refractivity contribution in [2.45, 2.75) is 20.1 Å². The molecule has 2 aromatic carbocycles. The van der Waals surface area contributed by atoms with Crippen LogP contribution in [0.2, 0.25) is 0 Å². The van der Waals surface area contributed by atoms with Gasteiger partial charge in [0.1, 0.15) is 12.4 Å². The molecule has 1 aromatic heterocycles. The van der Waals surface area contributed by atoms with Gasteiger partial charge < -0.3 is 18.6 Å². The van der Waals surface area contributed by atoms with Gasteiger partial charge in [0.15, 0.2) is 11.5 Å². The third-order valence-corrected chi connectivity index (χ3v) is 6.11. The largest absolute Gasteiger partial charge is 0.493 e. The minimum atomic E-state index is -0.568. The Labute approximate surface area is 206 Å². The Hall–Kier alpha value is -3.98. The van der Waals surface area contributed by atoms with E-state index in [-0.39, 0.29) is 30.1 Å². The second-order valence-corrected chi connectivity index (χ2v) is 8.71. The van der Waals surface area contributed by atoms with Crippen molar-refractivity contribution >= 4 is 35.0 Å². The second kappa shape index (κ2) is 10.5. The molecule has 0 atom stereocenters. The molecule has 2 heterocycles. The van der Waals surface area contributed by atoms with E-state index in [0.717, 1.165) is 22.9 Å². The summed E-state index contributed by atoms with van der Waals surface area (Å²) in [7, 11) is 2.78. The minimum absolute atomic E-state index is 0.0740. The summed E-state index contributed by atoms with van der Waals surface area (Å²) in [6, 6.07) is 16.0. The summed E-state index contributed by atoms with van der Waals surface area (Å²) < 4.78 is 21.2. The number of ether oxygens (including phenoxy) is 3. The van der Waals surface area contributed by atoms with Crippen LogP contribution >= 0.6 is 11.8 Å². The molecule has 180 valence electrons. The molecule has 35 heavy (non-hydrogen) atoms. The fourth-order valence-electron chi connectivity index (χ4n) is 3.49. The van der Waals surface area contributed by atoms with Gasteiger partial charge >= 0.3 is 5.97 Å². The SMILES string of the molecule is COC(=O)c1ccc(COc2ccc(C=C3SC(=O)N(Cc4cccc(C)c4)C3=O)cc2OC)o1. The molecule has 9 heteroatoms. The lowest BCUT2D eigenvalue weighted by molar-refractivity contribution is -0.123. The highest BCUT2D eigenvalue weighted by Crippen LogP contribution is 2.35. The maximum Gasteiger partial charge on any atom is 0.373 e. The number of thioether (sulfide) groups is 1. The molecule has 1 aliphatic rings. The molecule has 8 nitrogen and oxygen atoms in total. The van der Waals surface area contributed by atoms with Crippen molar-refractivity contribution in [3.05, 3.63) is 87.7 Å². The van der Waals surface area contributed by atoms with Crippen LogP contribution in [0.4, 0.5) is 4.79 Å². The molecule has 0 spiro atoms. The molecule has 0 aliphatic carbocycles. The number of imide groups is 1. The first kappa shape index (κ1) is 24.2. The van der Waals surface area contributed by atoms with Gasteiger partial charge in [0.05, 0.1) is 25.7 Å². The third-order valence-electron chi connectivity index (χ3n) is 5.20. The van der Waals surface area contributed by atoms with Crippen molar-refractivity contribution in [1.29, 1.82) is 0 Å². The lowest BCUT2D eigenvalue weighted by atomic mass is 10.1. The molecule has 0 bridgehead atoms. The van der Waals surface area contributed by atoms with Crippen LogP contribution in [-0.4, -0.2) is 36.2 Å². The topological polar surface area (TPSA) is 95.3 Å². The number of aryl methyl sites for hydroxylation is 1. The Bertz CT molecular complexity index is 1310. The molecule has 0 unspecified atom stereocenters. The van der Waals surface area contributed by atoms with E-state index in [2.05, 4.69) is 4.74 Å². The van der Waals surface area contributed by atoms with Gasteiger partial charge in [-0.25, -0.2) is 4.79 Å². The van der Waals surface area contributed by atoms with Crippen molar-refractivity contribution in [1.82, 2.24) is 4.90 Å². The highest BCUT2D eigenvalue weighted by molar-refractivity contribution is 8.18. The van der Waals surface area contributed by atoms with Crippen LogP contribution < -0.4 is 9.47 Å². The number of carbonyl (C=O) groups excluding carboxylic acids is 3. The molecule has 0 saturated carbocycles. The number of nitrogens with zero attached hydrogens (tertiary/aromatic N) is 1. The predicted molar refractivity (Wildman–Crippen MR) is 130 cm³/mol. The van der Waals surface area contributed by atoms with E-state index in [9.17, 15) is 14.4 Å². The van der Waals surface area contributed by atoms with Gasteiger partial charge in [0.25, 0.3) is 11.1 Å². The van der Waals surface area contributed by atoms with Gasteiger partial charge in [-0.05, 0) is 60.2 Å². The Balaban J connectivity index is 1.46. The van der Waals surface area contributed by atoms with Crippen molar-refractivity contribution in [3.63, 3.8) is 0 Å². The molecule has 0 radical (unpaired) electrons. The molecule has 1 saturated heterocycles. The smallest absolute Gasteiger partial charge is 0.373 e. The zero-order chi connectivity index (χ0) is 24.9. The standard InChI is InChI=1S/C26H23NO7S/c1-16-5-4-6-18(11-16)14-27-24(28)23(35-26(27)30)13-17-7-9-20(22(12-17)31-2)33-15-19-8-10-21(34-19)25(29)32-3/h4-13H,14-15H2,1-3H3. The van der Waals surface area contributed by atoms with Gasteiger partial charge in [0, 0.05) is 0 Å². The fraction of sp³-hybridized carbons (Fsp3) is 0.192. The lowest BCUT2D eigenvalue weighted by Crippen LogP contribution is -2.27. The number of hydrogen-bond acceptors (Lipinski definition) is 8. The molecule has 0 N–H and O–H groups in total. The Morgan fingerprint density at radius 2 is 1.89 bits per heavy atom. The summed E-state index contributed by atoms with van der Waals surface area (Å²) in [5, 5.41) is -0.306. The van der Waals surface area contributed by atoms with E-state index < -0.39 is 5.97 Å². The van der Waals surface area contributed by atoms with Gasteiger partial charge in [0.2, 0.25) is 5.76 Å². The number of hydrogen-bond donors (Lipinski definition) is 0. The summed E-state index contributed by atoms with van der Waals surface area (Å²) in [6.45, 7) is 2.26. The molecular formula is C26H23NO7S. The number of furan rings is 1. The summed E-state index contributed by atoms with van der Waals surface area (Å²) in [5.74, 6) is 0.524. The van der Waals surface area contributed by atoms with Crippen LogP contribution in [-0.2, 0) is 22.7 Å². The zero-order valence-corrected chi connectivity index (χ0v) is 20.2. The zero-order valence-electron chi connectivity index (χ0n) is 19.4. The van der Waals surface area contributed by atoms with Crippen LogP contribution in [0.25, 0.3) is 6.08 Å². The van der Waals surface area contributed by atoms with Crippen LogP contribution in [0.1, 0.15) is 33.0 Å². The lowest BCUT2D eigenvalue weighted by Gasteiger charge is -2.13. The molecular weight excluding hydrogens is 470 g/mol. The van der Waals surface area contributed by atoms with E-state index in [1.165, 1.54) is 25.2 Å². The Kier molecular flexibility index (Phi) is 7.26. The summed E-state index contributed by atoms with van der Waals surface area (Å²) in [5.41, 5.74) is 2.64. The molecule has 1 fully saturated rings. The van der Waals surface area contributed by atoms with Gasteiger partial charge in [-0.1, -0.05) is 35.9 Å². The highest BCUT2D eigenvalue weighted by Gasteiger charge is 2.35. The number of methoxy groups -OCH3 is 2. The minimum Gasteiger partial charge on any atom is -0.493 e. The van der Waals surface area contributed by atoms with Crippen LogP contribution in [0.15, 0.2) is 63.9 Å². The summed E-state index contributed by atoms with van der Waals surface area (Å²) in [4.78, 5) is 38.5. The van der Waals surface area contributed by atoms with Crippen molar-refractivity contribution in [3.8, 4) is 11.5 Å². The number of amides is 2. The molecule has 3 aromatic rings. The van der Waals surface area contributed by atoms with Crippen LogP contribution in [0, 0.1) is 6.92 Å². The Morgan fingerprint density at radius 1 is 1.06 bits per heavy atom. The van der Waals surface area contributed by atoms with Crippen LogP contribution in [0.5, 0.6) is 11.5 Å².